The summed E-state index contributed by atoms with van der Waals surface area (Å²) >= 11 is 6.94. The van der Waals surface area contributed by atoms with Gasteiger partial charge in [-0.1, -0.05) is 6.92 Å². The minimum Gasteiger partial charge on any atom is -0.459 e. The Hall–Kier alpha value is -1.27. The molecule has 20 heavy (non-hydrogen) atoms. The number of furan rings is 1. The summed E-state index contributed by atoms with van der Waals surface area (Å²) in [5, 5.41) is 2.89. The van der Waals surface area contributed by atoms with Crippen molar-refractivity contribution in [1.82, 2.24) is 0 Å². The van der Waals surface area contributed by atoms with Gasteiger partial charge in [0.1, 0.15) is 0 Å². The quantitative estimate of drug-likeness (QED) is 0.743. The van der Waals surface area contributed by atoms with E-state index >= 15 is 0 Å². The number of nitrogen functional groups attached to an aromatic ring is 1. The highest BCUT2D eigenvalue weighted by Crippen LogP contribution is 2.40. The Labute approximate surface area is 134 Å². The first kappa shape index (κ1) is 15.1. The molecule has 0 unspecified atom stereocenters. The zero-order chi connectivity index (χ0) is 14.9. The van der Waals surface area contributed by atoms with Crippen molar-refractivity contribution in [2.75, 3.05) is 11.1 Å². The number of carbonyl (C=O) groups excluding carboxylic acids is 1. The van der Waals surface area contributed by atoms with E-state index in [0.717, 1.165) is 32.2 Å². The number of benzene rings is 1. The van der Waals surface area contributed by atoms with Crippen molar-refractivity contribution in [1.29, 1.82) is 0 Å². The van der Waals surface area contributed by atoms with Gasteiger partial charge in [-0.2, -0.15) is 0 Å². The lowest BCUT2D eigenvalue weighted by Gasteiger charge is -2.18. The van der Waals surface area contributed by atoms with Crippen molar-refractivity contribution < 1.29 is 9.21 Å². The van der Waals surface area contributed by atoms with E-state index in [1.807, 2.05) is 13.8 Å². The van der Waals surface area contributed by atoms with Gasteiger partial charge in [-0.05, 0) is 68.5 Å². The summed E-state index contributed by atoms with van der Waals surface area (Å²) in [6, 6.07) is 3.30. The van der Waals surface area contributed by atoms with Crippen molar-refractivity contribution in [2.24, 2.45) is 0 Å². The summed E-state index contributed by atoms with van der Waals surface area (Å²) in [5.41, 5.74) is 9.27. The normalized spacial score (nSPS) is 10.6. The number of nitrogens with two attached hydrogens (primary N) is 1. The summed E-state index contributed by atoms with van der Waals surface area (Å²) in [5.74, 6) is -0.00751. The monoisotopic (exact) mass is 400 g/mol. The Morgan fingerprint density at radius 2 is 2.10 bits per heavy atom. The molecule has 0 saturated carbocycles. The van der Waals surface area contributed by atoms with Crippen LogP contribution in [0.2, 0.25) is 0 Å². The molecule has 4 nitrogen and oxygen atoms in total. The van der Waals surface area contributed by atoms with Gasteiger partial charge in [-0.3, -0.25) is 4.79 Å². The van der Waals surface area contributed by atoms with Crippen LogP contribution in [0.3, 0.4) is 0 Å². The van der Waals surface area contributed by atoms with Crippen LogP contribution in [0.4, 0.5) is 11.4 Å². The molecule has 2 aromatic rings. The van der Waals surface area contributed by atoms with E-state index in [-0.39, 0.29) is 11.7 Å². The van der Waals surface area contributed by atoms with Gasteiger partial charge >= 0.3 is 0 Å². The number of anilines is 2. The molecule has 0 atom stereocenters. The predicted molar refractivity (Wildman–Crippen MR) is 87.0 cm³/mol. The lowest BCUT2D eigenvalue weighted by atomic mass is 10.0. The minimum absolute atomic E-state index is 0.274. The fourth-order valence-electron chi connectivity index (χ4n) is 1.99. The summed E-state index contributed by atoms with van der Waals surface area (Å²) in [6.45, 7) is 3.92. The molecule has 6 heteroatoms. The third kappa shape index (κ3) is 2.62. The maximum absolute atomic E-state index is 12.1. The molecule has 0 saturated heterocycles. The van der Waals surface area contributed by atoms with E-state index in [4.69, 9.17) is 10.2 Å². The number of rotatable bonds is 3. The second-order valence-corrected chi connectivity index (χ2v) is 5.89. The standard InChI is InChI=1S/C14H14Br2N2O2/c1-3-8-11(16)12(17)10(15)7(2)13(8)18-14(19)9-5-4-6-20-9/h4-6H,3,17H2,1-2H3,(H,18,19). The molecule has 3 N–H and O–H groups in total. The van der Waals surface area contributed by atoms with E-state index in [9.17, 15) is 4.79 Å². The molecule has 0 bridgehead atoms. The fourth-order valence-corrected chi connectivity index (χ4v) is 3.33. The summed E-state index contributed by atoms with van der Waals surface area (Å²) in [6.07, 6.45) is 2.21. The molecule has 1 aromatic heterocycles. The number of carbonyl (C=O) groups is 1. The van der Waals surface area contributed by atoms with Crippen molar-refractivity contribution in [3.8, 4) is 0 Å². The molecule has 0 radical (unpaired) electrons. The smallest absolute Gasteiger partial charge is 0.291 e. The second-order valence-electron chi connectivity index (χ2n) is 4.31. The van der Waals surface area contributed by atoms with Gasteiger partial charge < -0.3 is 15.5 Å². The topological polar surface area (TPSA) is 68.3 Å². The molecule has 1 amide bonds. The van der Waals surface area contributed by atoms with Gasteiger partial charge in [0.2, 0.25) is 0 Å². The van der Waals surface area contributed by atoms with Gasteiger partial charge in [0, 0.05) is 14.6 Å². The molecule has 0 aliphatic rings. The Morgan fingerprint density at radius 3 is 2.65 bits per heavy atom. The molecule has 0 aliphatic carbocycles. The number of nitrogens with one attached hydrogen (secondary N) is 1. The lowest BCUT2D eigenvalue weighted by Crippen LogP contribution is -2.14. The van der Waals surface area contributed by atoms with E-state index in [0.29, 0.717) is 5.69 Å². The van der Waals surface area contributed by atoms with Crippen molar-refractivity contribution in [2.45, 2.75) is 20.3 Å². The van der Waals surface area contributed by atoms with Crippen molar-refractivity contribution in [3.05, 3.63) is 44.2 Å². The maximum atomic E-state index is 12.1. The molecule has 0 fully saturated rings. The van der Waals surface area contributed by atoms with Crippen LogP contribution in [-0.2, 0) is 6.42 Å². The van der Waals surface area contributed by atoms with E-state index < -0.39 is 0 Å². The first-order valence-electron chi connectivity index (χ1n) is 6.08. The van der Waals surface area contributed by atoms with Crippen LogP contribution in [0.15, 0.2) is 31.8 Å². The average Bonchev–Trinajstić information content (AvgIpc) is 2.97. The Morgan fingerprint density at radius 1 is 1.40 bits per heavy atom. The molecule has 0 aliphatic heterocycles. The molecule has 2 rings (SSSR count). The SMILES string of the molecule is CCc1c(Br)c(N)c(Br)c(C)c1NC(=O)c1ccco1. The first-order valence-corrected chi connectivity index (χ1v) is 7.66. The zero-order valence-corrected chi connectivity index (χ0v) is 14.3. The van der Waals surface area contributed by atoms with Crippen LogP contribution in [-0.4, -0.2) is 5.91 Å². The third-order valence-electron chi connectivity index (χ3n) is 3.08. The highest BCUT2D eigenvalue weighted by Gasteiger charge is 2.19. The molecular weight excluding hydrogens is 388 g/mol. The van der Waals surface area contributed by atoms with Crippen LogP contribution in [0.25, 0.3) is 0 Å². The van der Waals surface area contributed by atoms with Crippen LogP contribution in [0.1, 0.15) is 28.6 Å². The number of hydrogen-bond acceptors (Lipinski definition) is 3. The Balaban J connectivity index is 2.48. The fraction of sp³-hybridized carbons (Fsp3) is 0.214. The summed E-state index contributed by atoms with van der Waals surface area (Å²) in [4.78, 5) is 12.1. The van der Waals surface area contributed by atoms with Gasteiger partial charge in [0.05, 0.1) is 12.0 Å². The Kier molecular flexibility index (Phi) is 4.55. The molecule has 106 valence electrons. The summed E-state index contributed by atoms with van der Waals surface area (Å²) < 4.78 is 6.68. The number of hydrogen-bond donors (Lipinski definition) is 2. The van der Waals surface area contributed by atoms with Gasteiger partial charge in [-0.25, -0.2) is 0 Å². The van der Waals surface area contributed by atoms with Crippen molar-refractivity contribution in [3.63, 3.8) is 0 Å². The molecule has 0 spiro atoms. The van der Waals surface area contributed by atoms with Crippen LogP contribution >= 0.6 is 31.9 Å². The van der Waals surface area contributed by atoms with E-state index in [1.54, 1.807) is 12.1 Å². The third-order valence-corrected chi connectivity index (χ3v) is 5.01. The Bertz CT molecular complexity index is 652. The van der Waals surface area contributed by atoms with Crippen LogP contribution in [0.5, 0.6) is 0 Å². The van der Waals surface area contributed by atoms with Gasteiger partial charge in [0.15, 0.2) is 5.76 Å². The van der Waals surface area contributed by atoms with Crippen LogP contribution < -0.4 is 11.1 Å². The molecular formula is C14H14Br2N2O2. The van der Waals surface area contributed by atoms with Gasteiger partial charge in [-0.15, -0.1) is 0 Å². The predicted octanol–water partition coefficient (Wildman–Crippen LogP) is 4.51. The second kappa shape index (κ2) is 6.01. The molecule has 1 aromatic carbocycles. The lowest BCUT2D eigenvalue weighted by molar-refractivity contribution is 0.0996. The highest BCUT2D eigenvalue weighted by atomic mass is 79.9. The van der Waals surface area contributed by atoms with Gasteiger partial charge in [0.25, 0.3) is 5.91 Å². The minimum atomic E-state index is -0.281. The first-order chi connectivity index (χ1) is 9.47. The van der Waals surface area contributed by atoms with E-state index in [2.05, 4.69) is 37.2 Å². The number of amides is 1. The maximum Gasteiger partial charge on any atom is 0.291 e. The zero-order valence-electron chi connectivity index (χ0n) is 11.1. The van der Waals surface area contributed by atoms with E-state index in [1.165, 1.54) is 6.26 Å². The van der Waals surface area contributed by atoms with Crippen LogP contribution in [0, 0.1) is 6.92 Å². The van der Waals surface area contributed by atoms with Crippen molar-refractivity contribution >= 4 is 49.1 Å². The highest BCUT2D eigenvalue weighted by molar-refractivity contribution is 9.11. The average molecular weight is 402 g/mol. The number of halogens is 2. The summed E-state index contributed by atoms with van der Waals surface area (Å²) in [7, 11) is 0. The largest absolute Gasteiger partial charge is 0.459 e. The molecule has 1 heterocycles.